The third-order valence-electron chi connectivity index (χ3n) is 4.25. The Labute approximate surface area is 175 Å². The normalized spacial score (nSPS) is 14.1. The Balaban J connectivity index is 2.49. The number of ether oxygens (including phenoxy) is 1. The summed E-state index contributed by atoms with van der Waals surface area (Å²) < 4.78 is 22.1. The fourth-order valence-electron chi connectivity index (χ4n) is 2.51. The third kappa shape index (κ3) is 10.8. The second kappa shape index (κ2) is 12.4. The lowest BCUT2D eigenvalue weighted by Gasteiger charge is -2.27. The number of aliphatic hydroxyl groups excluding tert-OH is 1. The number of unbranched alkanes of at least 4 members (excludes halogenated alkanes) is 4. The van der Waals surface area contributed by atoms with Crippen molar-refractivity contribution in [2.45, 2.75) is 57.4 Å². The molecule has 27 heavy (non-hydrogen) atoms. The van der Waals surface area contributed by atoms with Crippen LogP contribution in [0.3, 0.4) is 0 Å². The average Bonchev–Trinajstić information content (AvgIpc) is 2.62. The number of aryl methyl sites for hydroxylation is 1. The summed E-state index contributed by atoms with van der Waals surface area (Å²) in [6, 6.07) is 5.86. The molecule has 0 aromatic heterocycles. The molecule has 0 fully saturated rings. The van der Waals surface area contributed by atoms with Crippen LogP contribution in [0.1, 0.15) is 51.0 Å². The Morgan fingerprint density at radius 1 is 1.22 bits per heavy atom. The lowest BCUT2D eigenvalue weighted by molar-refractivity contribution is 0.102. The molecule has 0 amide bonds. The highest BCUT2D eigenvalue weighted by Gasteiger charge is 2.28. The van der Waals surface area contributed by atoms with E-state index in [0.29, 0.717) is 19.4 Å². The summed E-state index contributed by atoms with van der Waals surface area (Å²) >= 11 is 2.22. The maximum Gasteiger partial charge on any atom is 0.469 e. The van der Waals surface area contributed by atoms with E-state index >= 15 is 0 Å². The van der Waals surface area contributed by atoms with Crippen LogP contribution in [0, 0.1) is 3.57 Å². The van der Waals surface area contributed by atoms with Crippen LogP contribution in [0.15, 0.2) is 18.2 Å². The van der Waals surface area contributed by atoms with Crippen LogP contribution < -0.4 is 10.5 Å². The average molecular weight is 515 g/mol. The topological polar surface area (TPSA) is 122 Å². The number of aliphatic hydroxyl groups is 1. The summed E-state index contributed by atoms with van der Waals surface area (Å²) in [4.78, 5) is 17.6. The van der Waals surface area contributed by atoms with Crippen LogP contribution in [-0.2, 0) is 15.5 Å². The van der Waals surface area contributed by atoms with Gasteiger partial charge in [0.25, 0.3) is 0 Å². The molecule has 1 aromatic rings. The molecular weight excluding hydrogens is 484 g/mol. The van der Waals surface area contributed by atoms with E-state index in [1.54, 1.807) is 0 Å². The van der Waals surface area contributed by atoms with E-state index in [2.05, 4.69) is 34.0 Å². The summed E-state index contributed by atoms with van der Waals surface area (Å²) in [5.74, 6) is 0.848. The van der Waals surface area contributed by atoms with Gasteiger partial charge >= 0.3 is 7.82 Å². The Kier molecular flexibility index (Phi) is 11.4. The number of benzene rings is 1. The van der Waals surface area contributed by atoms with Crippen molar-refractivity contribution in [2.75, 3.05) is 19.8 Å². The van der Waals surface area contributed by atoms with Gasteiger partial charge in [-0.2, -0.15) is 0 Å². The Bertz CT molecular complexity index is 612. The predicted octanol–water partition coefficient (Wildman–Crippen LogP) is 3.37. The quantitative estimate of drug-likeness (QED) is 0.170. The SMILES string of the molecule is CCCCCCCOc1ccc(CCC(N)(CO)COP(=O)(O)O)cc1I. The molecule has 156 valence electrons. The van der Waals surface area contributed by atoms with Gasteiger partial charge < -0.3 is 25.4 Å². The second-order valence-corrected chi connectivity index (χ2v) is 9.21. The fraction of sp³-hybridized carbons (Fsp3) is 0.667. The van der Waals surface area contributed by atoms with Gasteiger partial charge in [0, 0.05) is 0 Å². The minimum atomic E-state index is -4.61. The first-order chi connectivity index (χ1) is 12.7. The monoisotopic (exact) mass is 515 g/mol. The summed E-state index contributed by atoms with van der Waals surface area (Å²) in [5, 5.41) is 9.45. The molecule has 1 unspecified atom stereocenters. The van der Waals surface area contributed by atoms with Gasteiger partial charge in [0.05, 0.1) is 28.9 Å². The van der Waals surface area contributed by atoms with Gasteiger partial charge in [-0.3, -0.25) is 4.52 Å². The van der Waals surface area contributed by atoms with Crippen molar-refractivity contribution in [3.63, 3.8) is 0 Å². The highest BCUT2D eigenvalue weighted by Crippen LogP contribution is 2.37. The minimum Gasteiger partial charge on any atom is -0.492 e. The summed E-state index contributed by atoms with van der Waals surface area (Å²) in [7, 11) is -4.61. The predicted molar refractivity (Wildman–Crippen MR) is 114 cm³/mol. The van der Waals surface area contributed by atoms with Crippen LogP contribution in [0.2, 0.25) is 0 Å². The van der Waals surface area contributed by atoms with E-state index in [0.717, 1.165) is 21.3 Å². The molecule has 5 N–H and O–H groups in total. The van der Waals surface area contributed by atoms with Crippen molar-refractivity contribution >= 4 is 30.4 Å². The van der Waals surface area contributed by atoms with E-state index < -0.39 is 26.6 Å². The first kappa shape index (κ1) is 24.8. The van der Waals surface area contributed by atoms with Gasteiger partial charge in [-0.05, 0) is 59.5 Å². The number of nitrogens with two attached hydrogens (primary N) is 1. The smallest absolute Gasteiger partial charge is 0.469 e. The molecule has 0 radical (unpaired) electrons. The van der Waals surface area contributed by atoms with Gasteiger partial charge in [0.1, 0.15) is 5.75 Å². The first-order valence-electron chi connectivity index (χ1n) is 9.20. The highest BCUT2D eigenvalue weighted by atomic mass is 127. The van der Waals surface area contributed by atoms with Crippen molar-refractivity contribution in [3.8, 4) is 5.75 Å². The fourth-order valence-corrected chi connectivity index (χ4v) is 3.67. The zero-order valence-electron chi connectivity index (χ0n) is 15.8. The maximum absolute atomic E-state index is 10.8. The molecule has 0 aliphatic heterocycles. The first-order valence-corrected chi connectivity index (χ1v) is 11.8. The Morgan fingerprint density at radius 2 is 1.93 bits per heavy atom. The molecule has 0 bridgehead atoms. The van der Waals surface area contributed by atoms with E-state index in [1.165, 1.54) is 25.7 Å². The van der Waals surface area contributed by atoms with Gasteiger partial charge in [-0.25, -0.2) is 4.57 Å². The zero-order valence-corrected chi connectivity index (χ0v) is 18.8. The van der Waals surface area contributed by atoms with E-state index in [9.17, 15) is 9.67 Å². The van der Waals surface area contributed by atoms with Crippen LogP contribution in [0.25, 0.3) is 0 Å². The molecule has 1 rings (SSSR count). The molecule has 0 saturated carbocycles. The number of phosphoric ester groups is 1. The molecule has 9 heteroatoms. The highest BCUT2D eigenvalue weighted by molar-refractivity contribution is 14.1. The molecular formula is C18H31INO6P. The molecule has 7 nitrogen and oxygen atoms in total. The maximum atomic E-state index is 10.8. The van der Waals surface area contributed by atoms with Gasteiger partial charge in [-0.1, -0.05) is 38.7 Å². The van der Waals surface area contributed by atoms with Crippen molar-refractivity contribution in [1.29, 1.82) is 0 Å². The van der Waals surface area contributed by atoms with E-state index in [1.807, 2.05) is 18.2 Å². The van der Waals surface area contributed by atoms with E-state index in [4.69, 9.17) is 20.3 Å². The van der Waals surface area contributed by atoms with Crippen LogP contribution in [0.5, 0.6) is 5.75 Å². The van der Waals surface area contributed by atoms with Crippen LogP contribution in [-0.4, -0.2) is 40.3 Å². The molecule has 1 aromatic carbocycles. The van der Waals surface area contributed by atoms with Gasteiger partial charge in [-0.15, -0.1) is 0 Å². The lowest BCUT2D eigenvalue weighted by atomic mass is 9.94. The lowest BCUT2D eigenvalue weighted by Crippen LogP contribution is -2.48. The largest absolute Gasteiger partial charge is 0.492 e. The summed E-state index contributed by atoms with van der Waals surface area (Å²) in [6.45, 7) is 2.06. The van der Waals surface area contributed by atoms with Crippen molar-refractivity contribution < 1.29 is 28.7 Å². The Hall–Kier alpha value is -0.220. The molecule has 0 heterocycles. The molecule has 0 aliphatic rings. The minimum absolute atomic E-state index is 0.331. The summed E-state index contributed by atoms with van der Waals surface area (Å²) in [6.07, 6.45) is 6.84. The second-order valence-electron chi connectivity index (χ2n) is 6.81. The van der Waals surface area contributed by atoms with Crippen LogP contribution >= 0.6 is 30.4 Å². The van der Waals surface area contributed by atoms with E-state index in [-0.39, 0.29) is 0 Å². The number of phosphoric acid groups is 1. The number of rotatable bonds is 14. The van der Waals surface area contributed by atoms with Crippen molar-refractivity contribution in [1.82, 2.24) is 0 Å². The molecule has 1 atom stereocenters. The number of halogens is 1. The molecule has 0 saturated heterocycles. The zero-order chi connectivity index (χ0) is 20.3. The third-order valence-corrected chi connectivity index (χ3v) is 5.56. The Morgan fingerprint density at radius 3 is 2.52 bits per heavy atom. The van der Waals surface area contributed by atoms with Crippen molar-refractivity contribution in [3.05, 3.63) is 27.3 Å². The van der Waals surface area contributed by atoms with Crippen molar-refractivity contribution in [2.24, 2.45) is 5.73 Å². The van der Waals surface area contributed by atoms with Crippen LogP contribution in [0.4, 0.5) is 0 Å². The standard InChI is InChI=1S/C18H31INO6P/c1-2-3-4-5-6-11-25-17-8-7-15(12-16(17)19)9-10-18(20,13-21)14-26-27(22,23)24/h7-8,12,21H,2-6,9-11,13-14,20H2,1H3,(H2,22,23,24). The molecule has 0 aliphatic carbocycles. The van der Waals surface area contributed by atoms with Gasteiger partial charge in [0.2, 0.25) is 0 Å². The van der Waals surface area contributed by atoms with Gasteiger partial charge in [0.15, 0.2) is 0 Å². The number of hydrogen-bond donors (Lipinski definition) is 4. The molecule has 0 spiro atoms. The number of hydrogen-bond acceptors (Lipinski definition) is 5. The summed E-state index contributed by atoms with van der Waals surface area (Å²) in [5.41, 5.74) is 5.79.